The van der Waals surface area contributed by atoms with Crippen molar-refractivity contribution in [1.29, 1.82) is 0 Å². The molecule has 22 heavy (non-hydrogen) atoms. The molecule has 0 saturated heterocycles. The zero-order chi connectivity index (χ0) is 15.9. The summed E-state index contributed by atoms with van der Waals surface area (Å²) in [6.07, 6.45) is 1.84. The highest BCUT2D eigenvalue weighted by Gasteiger charge is 2.23. The van der Waals surface area contributed by atoms with Gasteiger partial charge in [-0.25, -0.2) is 0 Å². The number of ether oxygens (including phenoxy) is 2. The summed E-state index contributed by atoms with van der Waals surface area (Å²) in [5.41, 5.74) is 0.752. The maximum Gasteiger partial charge on any atom is 0.241 e. The number of nitrogens with one attached hydrogen (secondary N) is 1. The highest BCUT2D eigenvalue weighted by molar-refractivity contribution is 5.95. The van der Waals surface area contributed by atoms with Crippen LogP contribution in [-0.2, 0) is 4.79 Å². The van der Waals surface area contributed by atoms with Gasteiger partial charge in [-0.15, -0.1) is 0 Å². The number of likely N-dealkylation sites (N-methyl/N-ethyl adjacent to an activating group) is 1. The number of carbonyl (C=O) groups is 1. The van der Waals surface area contributed by atoms with Gasteiger partial charge in [0.05, 0.1) is 6.04 Å². The van der Waals surface area contributed by atoms with Crippen LogP contribution in [0.2, 0.25) is 0 Å². The summed E-state index contributed by atoms with van der Waals surface area (Å²) in [5, 5.41) is 3.01. The van der Waals surface area contributed by atoms with Gasteiger partial charge in [-0.3, -0.25) is 9.69 Å². The quantitative estimate of drug-likeness (QED) is 0.841. The minimum atomic E-state index is -0.0896. The molecule has 1 aromatic carbocycles. The molecule has 0 saturated carbocycles. The Hall–Kier alpha value is -1.75. The van der Waals surface area contributed by atoms with E-state index in [0.717, 1.165) is 37.4 Å². The molecule has 0 aliphatic carbocycles. The van der Waals surface area contributed by atoms with E-state index in [9.17, 15) is 4.79 Å². The van der Waals surface area contributed by atoms with E-state index >= 15 is 0 Å². The average Bonchev–Trinajstić information content (AvgIpc) is 2.55. The molecule has 2 rings (SSSR count). The molecule has 0 fully saturated rings. The molecule has 1 aromatic rings. The molecular formula is C17H26N2O3. The largest absolute Gasteiger partial charge is 0.486 e. The fourth-order valence-corrected chi connectivity index (χ4v) is 2.76. The molecule has 122 valence electrons. The van der Waals surface area contributed by atoms with E-state index in [1.807, 2.05) is 18.2 Å². The van der Waals surface area contributed by atoms with Gasteiger partial charge in [0, 0.05) is 11.8 Å². The Labute approximate surface area is 132 Å². The number of fused-ring (bicyclic) bond motifs is 1. The lowest BCUT2D eigenvalue weighted by Crippen LogP contribution is -2.43. The molecule has 1 aliphatic rings. The van der Waals surface area contributed by atoms with E-state index in [-0.39, 0.29) is 11.9 Å². The van der Waals surface area contributed by atoms with E-state index < -0.39 is 0 Å². The highest BCUT2D eigenvalue weighted by atomic mass is 16.6. The predicted octanol–water partition coefficient (Wildman–Crippen LogP) is 2.91. The van der Waals surface area contributed by atoms with E-state index in [1.54, 1.807) is 0 Å². The zero-order valence-corrected chi connectivity index (χ0v) is 13.7. The SMILES string of the molecule is CCC[C@H](C(=O)Nc1ccc2c(c1)OCCO2)N(CC)CC. The van der Waals surface area contributed by atoms with Crippen molar-refractivity contribution in [3.05, 3.63) is 18.2 Å². The third-order valence-corrected chi connectivity index (χ3v) is 3.93. The van der Waals surface area contributed by atoms with Crippen LogP contribution in [0.15, 0.2) is 18.2 Å². The van der Waals surface area contributed by atoms with Gasteiger partial charge < -0.3 is 14.8 Å². The summed E-state index contributed by atoms with van der Waals surface area (Å²) in [4.78, 5) is 14.8. The first kappa shape index (κ1) is 16.6. The number of amides is 1. The second-order valence-corrected chi connectivity index (χ2v) is 5.37. The van der Waals surface area contributed by atoms with Crippen LogP contribution in [0.3, 0.4) is 0 Å². The van der Waals surface area contributed by atoms with Crippen LogP contribution in [0.25, 0.3) is 0 Å². The van der Waals surface area contributed by atoms with Crippen LogP contribution in [0.1, 0.15) is 33.6 Å². The third kappa shape index (κ3) is 3.91. The molecule has 1 N–H and O–H groups in total. The normalized spacial score (nSPS) is 14.7. The number of rotatable bonds is 7. The Bertz CT molecular complexity index is 501. The lowest BCUT2D eigenvalue weighted by Gasteiger charge is -2.28. The van der Waals surface area contributed by atoms with Crippen LogP contribution in [0.5, 0.6) is 11.5 Å². The Kier molecular flexibility index (Phi) is 6.07. The minimum absolute atomic E-state index is 0.0437. The maximum atomic E-state index is 12.6. The van der Waals surface area contributed by atoms with Gasteiger partial charge in [0.2, 0.25) is 5.91 Å². The van der Waals surface area contributed by atoms with Crippen molar-refractivity contribution in [2.75, 3.05) is 31.6 Å². The van der Waals surface area contributed by atoms with Gasteiger partial charge in [0.25, 0.3) is 0 Å². The first-order valence-corrected chi connectivity index (χ1v) is 8.14. The van der Waals surface area contributed by atoms with Crippen molar-refractivity contribution in [3.8, 4) is 11.5 Å². The lowest BCUT2D eigenvalue weighted by atomic mass is 10.1. The second kappa shape index (κ2) is 8.03. The number of anilines is 1. The summed E-state index contributed by atoms with van der Waals surface area (Å²) in [6.45, 7) is 9.13. The summed E-state index contributed by atoms with van der Waals surface area (Å²) < 4.78 is 11.1. The molecule has 5 nitrogen and oxygen atoms in total. The Morgan fingerprint density at radius 1 is 1.18 bits per heavy atom. The predicted molar refractivity (Wildman–Crippen MR) is 87.7 cm³/mol. The molecule has 5 heteroatoms. The minimum Gasteiger partial charge on any atom is -0.486 e. The maximum absolute atomic E-state index is 12.6. The van der Waals surface area contributed by atoms with Gasteiger partial charge in [0.1, 0.15) is 13.2 Å². The van der Waals surface area contributed by atoms with Crippen LogP contribution >= 0.6 is 0 Å². The number of hydrogen-bond donors (Lipinski definition) is 1. The van der Waals surface area contributed by atoms with Gasteiger partial charge in [-0.2, -0.15) is 0 Å². The zero-order valence-electron chi connectivity index (χ0n) is 13.7. The van der Waals surface area contributed by atoms with E-state index in [4.69, 9.17) is 9.47 Å². The molecule has 1 amide bonds. The van der Waals surface area contributed by atoms with E-state index in [0.29, 0.717) is 19.0 Å². The number of carbonyl (C=O) groups excluding carboxylic acids is 1. The van der Waals surface area contributed by atoms with Gasteiger partial charge >= 0.3 is 0 Å². The molecule has 0 radical (unpaired) electrons. The topological polar surface area (TPSA) is 50.8 Å². The van der Waals surface area contributed by atoms with Crippen molar-refractivity contribution < 1.29 is 14.3 Å². The summed E-state index contributed by atoms with van der Waals surface area (Å²) in [6, 6.07) is 5.44. The van der Waals surface area contributed by atoms with Gasteiger partial charge in [0.15, 0.2) is 11.5 Å². The highest BCUT2D eigenvalue weighted by Crippen LogP contribution is 2.32. The lowest BCUT2D eigenvalue weighted by molar-refractivity contribution is -0.121. The smallest absolute Gasteiger partial charge is 0.241 e. The molecular weight excluding hydrogens is 280 g/mol. The Balaban J connectivity index is 2.08. The second-order valence-electron chi connectivity index (χ2n) is 5.37. The van der Waals surface area contributed by atoms with Crippen molar-refractivity contribution in [2.45, 2.75) is 39.7 Å². The van der Waals surface area contributed by atoms with E-state index in [1.165, 1.54) is 0 Å². The standard InChI is InChI=1S/C17H26N2O3/c1-4-7-14(19(5-2)6-3)17(20)18-13-8-9-15-16(12-13)22-11-10-21-15/h8-9,12,14H,4-7,10-11H2,1-3H3,(H,18,20)/t14-/m1/s1. The van der Waals surface area contributed by atoms with Crippen molar-refractivity contribution in [2.24, 2.45) is 0 Å². The first-order chi connectivity index (χ1) is 10.7. The van der Waals surface area contributed by atoms with Crippen LogP contribution in [0.4, 0.5) is 5.69 Å². The van der Waals surface area contributed by atoms with Crippen molar-refractivity contribution in [1.82, 2.24) is 4.90 Å². The summed E-state index contributed by atoms with van der Waals surface area (Å²) >= 11 is 0. The van der Waals surface area contributed by atoms with E-state index in [2.05, 4.69) is 31.0 Å². The van der Waals surface area contributed by atoms with Crippen LogP contribution in [0, 0.1) is 0 Å². The molecule has 0 aromatic heterocycles. The molecule has 0 unspecified atom stereocenters. The number of nitrogens with zero attached hydrogens (tertiary/aromatic N) is 1. The molecule has 1 heterocycles. The first-order valence-electron chi connectivity index (χ1n) is 8.14. The number of benzene rings is 1. The number of hydrogen-bond acceptors (Lipinski definition) is 4. The molecule has 1 aliphatic heterocycles. The third-order valence-electron chi connectivity index (χ3n) is 3.93. The van der Waals surface area contributed by atoms with Gasteiger partial charge in [-0.05, 0) is 31.6 Å². The van der Waals surface area contributed by atoms with Crippen LogP contribution in [-0.4, -0.2) is 43.2 Å². The fourth-order valence-electron chi connectivity index (χ4n) is 2.76. The van der Waals surface area contributed by atoms with Crippen molar-refractivity contribution in [3.63, 3.8) is 0 Å². The fraction of sp³-hybridized carbons (Fsp3) is 0.588. The Morgan fingerprint density at radius 3 is 2.50 bits per heavy atom. The molecule has 0 spiro atoms. The average molecular weight is 306 g/mol. The Morgan fingerprint density at radius 2 is 1.86 bits per heavy atom. The summed E-state index contributed by atoms with van der Waals surface area (Å²) in [5.74, 6) is 1.47. The molecule has 0 bridgehead atoms. The monoisotopic (exact) mass is 306 g/mol. The van der Waals surface area contributed by atoms with Crippen LogP contribution < -0.4 is 14.8 Å². The molecule has 1 atom stereocenters. The summed E-state index contributed by atoms with van der Waals surface area (Å²) in [7, 11) is 0. The van der Waals surface area contributed by atoms with Gasteiger partial charge in [-0.1, -0.05) is 27.2 Å². The van der Waals surface area contributed by atoms with Crippen molar-refractivity contribution >= 4 is 11.6 Å².